The summed E-state index contributed by atoms with van der Waals surface area (Å²) in [5, 5.41) is 0. The molecule has 2 unspecified atom stereocenters. The molecule has 1 aromatic carbocycles. The van der Waals surface area contributed by atoms with Gasteiger partial charge in [-0.3, -0.25) is 0 Å². The summed E-state index contributed by atoms with van der Waals surface area (Å²) in [6.45, 7) is 2.90. The largest absolute Gasteiger partial charge is 0.397 e. The predicted octanol–water partition coefficient (Wildman–Crippen LogP) is 2.80. The molecule has 1 aliphatic heterocycles. The summed E-state index contributed by atoms with van der Waals surface area (Å²) in [6, 6.07) is 3.88. The molecular formula is C12H14BrN3O. The Hall–Kier alpha value is -1.07. The van der Waals surface area contributed by atoms with E-state index >= 15 is 0 Å². The number of benzene rings is 1. The van der Waals surface area contributed by atoms with E-state index in [2.05, 4.69) is 32.8 Å². The van der Waals surface area contributed by atoms with Gasteiger partial charge in [-0.25, -0.2) is 4.98 Å². The van der Waals surface area contributed by atoms with E-state index in [1.165, 1.54) is 0 Å². The van der Waals surface area contributed by atoms with Gasteiger partial charge in [0.15, 0.2) is 0 Å². The van der Waals surface area contributed by atoms with Gasteiger partial charge in [-0.2, -0.15) is 0 Å². The molecule has 0 spiro atoms. The Balaban J connectivity index is 2.10. The van der Waals surface area contributed by atoms with Crippen molar-refractivity contribution in [1.29, 1.82) is 0 Å². The van der Waals surface area contributed by atoms with Gasteiger partial charge in [0.2, 0.25) is 0 Å². The number of nitrogens with one attached hydrogen (secondary N) is 1. The second-order valence-electron chi connectivity index (χ2n) is 4.48. The molecule has 2 heterocycles. The Morgan fingerprint density at radius 2 is 2.35 bits per heavy atom. The zero-order chi connectivity index (χ0) is 12.0. The maximum absolute atomic E-state index is 5.96. The quantitative estimate of drug-likeness (QED) is 0.795. The summed E-state index contributed by atoms with van der Waals surface area (Å²) < 4.78 is 6.54. The smallest absolute Gasteiger partial charge is 0.113 e. The number of hydrogen-bond donors (Lipinski definition) is 2. The molecule has 3 rings (SSSR count). The molecule has 0 radical (unpaired) electrons. The lowest BCUT2D eigenvalue weighted by Gasteiger charge is -2.09. The van der Waals surface area contributed by atoms with Gasteiger partial charge in [-0.15, -0.1) is 0 Å². The number of anilines is 1. The summed E-state index contributed by atoms with van der Waals surface area (Å²) in [4.78, 5) is 7.95. The van der Waals surface area contributed by atoms with Crippen LogP contribution in [-0.2, 0) is 4.74 Å². The second-order valence-corrected chi connectivity index (χ2v) is 5.40. The number of rotatable bonds is 1. The zero-order valence-electron chi connectivity index (χ0n) is 9.53. The van der Waals surface area contributed by atoms with Gasteiger partial charge < -0.3 is 15.5 Å². The van der Waals surface area contributed by atoms with Gasteiger partial charge in [0.25, 0.3) is 0 Å². The molecule has 1 aromatic heterocycles. The third-order valence-electron chi connectivity index (χ3n) is 3.33. The first-order valence-corrected chi connectivity index (χ1v) is 6.50. The van der Waals surface area contributed by atoms with Crippen molar-refractivity contribution in [3.8, 4) is 0 Å². The average molecular weight is 296 g/mol. The van der Waals surface area contributed by atoms with Gasteiger partial charge in [-0.1, -0.05) is 15.9 Å². The monoisotopic (exact) mass is 295 g/mol. The maximum Gasteiger partial charge on any atom is 0.113 e. The Bertz CT molecular complexity index is 566. The van der Waals surface area contributed by atoms with Gasteiger partial charge >= 0.3 is 0 Å². The first-order chi connectivity index (χ1) is 8.15. The Morgan fingerprint density at radius 1 is 1.53 bits per heavy atom. The van der Waals surface area contributed by atoms with E-state index in [-0.39, 0.29) is 6.10 Å². The number of nitrogen functional groups attached to an aromatic ring is 1. The number of nitrogens with zero attached hydrogens (tertiary/aromatic N) is 1. The molecule has 17 heavy (non-hydrogen) atoms. The van der Waals surface area contributed by atoms with Crippen LogP contribution < -0.4 is 5.73 Å². The van der Waals surface area contributed by atoms with Crippen LogP contribution in [0.5, 0.6) is 0 Å². The number of ether oxygens (including phenoxy) is 1. The molecule has 0 saturated carbocycles. The van der Waals surface area contributed by atoms with Crippen molar-refractivity contribution < 1.29 is 4.74 Å². The minimum Gasteiger partial charge on any atom is -0.397 e. The minimum absolute atomic E-state index is 0.222. The number of hydrogen-bond acceptors (Lipinski definition) is 3. The van der Waals surface area contributed by atoms with Crippen molar-refractivity contribution in [2.75, 3.05) is 12.3 Å². The van der Waals surface area contributed by atoms with Crippen LogP contribution in [0.3, 0.4) is 0 Å². The number of H-pyrrole nitrogens is 1. The lowest BCUT2D eigenvalue weighted by Crippen LogP contribution is -2.10. The van der Waals surface area contributed by atoms with Crippen LogP contribution in [0.25, 0.3) is 11.0 Å². The topological polar surface area (TPSA) is 63.9 Å². The van der Waals surface area contributed by atoms with Gasteiger partial charge in [-0.05, 0) is 25.5 Å². The lowest BCUT2D eigenvalue weighted by molar-refractivity contribution is 0.117. The summed E-state index contributed by atoms with van der Waals surface area (Å²) in [5.74, 6) is 1.33. The molecule has 1 aliphatic rings. The van der Waals surface area contributed by atoms with Crippen molar-refractivity contribution in [2.24, 2.45) is 0 Å². The Morgan fingerprint density at radius 3 is 3.06 bits per heavy atom. The van der Waals surface area contributed by atoms with Crippen molar-refractivity contribution in [1.82, 2.24) is 9.97 Å². The number of nitrogens with two attached hydrogens (primary N) is 1. The molecular weight excluding hydrogens is 282 g/mol. The van der Waals surface area contributed by atoms with Crippen LogP contribution in [0.15, 0.2) is 16.6 Å². The summed E-state index contributed by atoms with van der Waals surface area (Å²) in [6.07, 6.45) is 1.24. The minimum atomic E-state index is 0.222. The average Bonchev–Trinajstić information content (AvgIpc) is 2.83. The molecule has 5 heteroatoms. The molecule has 90 valence electrons. The highest BCUT2D eigenvalue weighted by atomic mass is 79.9. The van der Waals surface area contributed by atoms with Crippen LogP contribution in [0.1, 0.15) is 25.1 Å². The van der Waals surface area contributed by atoms with Crippen molar-refractivity contribution in [2.45, 2.75) is 25.4 Å². The number of aromatic amines is 1. The summed E-state index contributed by atoms with van der Waals surface area (Å²) >= 11 is 3.44. The fourth-order valence-corrected chi connectivity index (χ4v) is 2.87. The van der Waals surface area contributed by atoms with E-state index < -0.39 is 0 Å². The van der Waals surface area contributed by atoms with Crippen LogP contribution in [0, 0.1) is 0 Å². The molecule has 3 N–H and O–H groups in total. The van der Waals surface area contributed by atoms with E-state index in [0.717, 1.165) is 34.4 Å². The highest BCUT2D eigenvalue weighted by molar-refractivity contribution is 9.10. The highest BCUT2D eigenvalue weighted by Gasteiger charge is 2.28. The van der Waals surface area contributed by atoms with Crippen molar-refractivity contribution in [3.63, 3.8) is 0 Å². The van der Waals surface area contributed by atoms with E-state index in [1.54, 1.807) is 0 Å². The molecule has 2 atom stereocenters. The SMILES string of the molecule is CC1OCCC1c1nc2c(N)cc(Br)cc2[nH]1. The van der Waals surface area contributed by atoms with Crippen LogP contribution in [-0.4, -0.2) is 22.7 Å². The third-order valence-corrected chi connectivity index (χ3v) is 3.78. The molecule has 0 aliphatic carbocycles. The van der Waals surface area contributed by atoms with E-state index in [4.69, 9.17) is 10.5 Å². The summed E-state index contributed by atoms with van der Waals surface area (Å²) in [5.41, 5.74) is 8.48. The second kappa shape index (κ2) is 3.99. The number of aromatic nitrogens is 2. The Kier molecular flexibility index (Phi) is 2.60. The highest BCUT2D eigenvalue weighted by Crippen LogP contribution is 2.32. The predicted molar refractivity (Wildman–Crippen MR) is 71.0 cm³/mol. The Labute approximate surface area is 108 Å². The molecule has 4 nitrogen and oxygen atoms in total. The number of fused-ring (bicyclic) bond motifs is 1. The van der Waals surface area contributed by atoms with E-state index in [0.29, 0.717) is 11.6 Å². The first-order valence-electron chi connectivity index (χ1n) is 5.71. The first kappa shape index (κ1) is 11.0. The molecule has 1 saturated heterocycles. The standard InChI is InChI=1S/C12H14BrN3O/c1-6-8(2-3-17-6)12-15-10-5-7(13)4-9(14)11(10)16-12/h4-6,8H,2-3,14H2,1H3,(H,15,16). The molecule has 0 bridgehead atoms. The lowest BCUT2D eigenvalue weighted by atomic mass is 10.0. The maximum atomic E-state index is 5.96. The van der Waals surface area contributed by atoms with Crippen LogP contribution in [0.2, 0.25) is 0 Å². The van der Waals surface area contributed by atoms with E-state index in [9.17, 15) is 0 Å². The van der Waals surface area contributed by atoms with Gasteiger partial charge in [0.05, 0.1) is 17.3 Å². The van der Waals surface area contributed by atoms with Crippen molar-refractivity contribution >= 4 is 32.7 Å². The number of imidazole rings is 1. The summed E-state index contributed by atoms with van der Waals surface area (Å²) in [7, 11) is 0. The van der Waals surface area contributed by atoms with Crippen LogP contribution in [0.4, 0.5) is 5.69 Å². The fourth-order valence-electron chi connectivity index (χ4n) is 2.39. The molecule has 0 amide bonds. The van der Waals surface area contributed by atoms with Crippen LogP contribution >= 0.6 is 15.9 Å². The molecule has 1 fully saturated rings. The molecule has 2 aromatic rings. The third kappa shape index (κ3) is 1.83. The number of halogens is 1. The van der Waals surface area contributed by atoms with Crippen molar-refractivity contribution in [3.05, 3.63) is 22.4 Å². The normalized spacial score (nSPS) is 24.6. The fraction of sp³-hybridized carbons (Fsp3) is 0.417. The van der Waals surface area contributed by atoms with Gasteiger partial charge in [0.1, 0.15) is 11.3 Å². The zero-order valence-corrected chi connectivity index (χ0v) is 11.1. The van der Waals surface area contributed by atoms with E-state index in [1.807, 2.05) is 12.1 Å². The van der Waals surface area contributed by atoms with Gasteiger partial charge in [0, 0.05) is 17.0 Å².